The zero-order valence-electron chi connectivity index (χ0n) is 12.6. The standard InChI is InChI=1S/C17H23FN2O/c1-3-4-7-19-8-10-20(11-9-19)13-17(21)16-6-5-15(18)12-14(16)2/h1,5-6,12,17,21H,4,7-11,13H2,2H3. The number of piperazine rings is 1. The number of halogens is 1. The maximum absolute atomic E-state index is 13.1. The van der Waals surface area contributed by atoms with E-state index < -0.39 is 6.10 Å². The average Bonchev–Trinajstić information content (AvgIpc) is 2.46. The molecule has 0 saturated carbocycles. The SMILES string of the molecule is C#CCCN1CCN(CC(O)c2ccc(F)cc2C)CC1. The highest BCUT2D eigenvalue weighted by molar-refractivity contribution is 5.28. The molecular weight excluding hydrogens is 267 g/mol. The summed E-state index contributed by atoms with van der Waals surface area (Å²) in [6.07, 6.45) is 5.50. The number of hydrogen-bond donors (Lipinski definition) is 1. The highest BCUT2D eigenvalue weighted by atomic mass is 19.1. The van der Waals surface area contributed by atoms with E-state index in [4.69, 9.17) is 6.42 Å². The molecule has 0 radical (unpaired) electrons. The van der Waals surface area contributed by atoms with Gasteiger partial charge in [0, 0.05) is 45.7 Å². The molecule has 0 bridgehead atoms. The van der Waals surface area contributed by atoms with E-state index in [9.17, 15) is 9.50 Å². The van der Waals surface area contributed by atoms with E-state index in [1.807, 2.05) is 6.92 Å². The molecule has 114 valence electrons. The van der Waals surface area contributed by atoms with Gasteiger partial charge in [-0.05, 0) is 30.2 Å². The molecule has 3 nitrogen and oxygen atoms in total. The summed E-state index contributed by atoms with van der Waals surface area (Å²) < 4.78 is 13.1. The molecule has 0 spiro atoms. The Morgan fingerprint density at radius 1 is 1.29 bits per heavy atom. The van der Waals surface area contributed by atoms with Gasteiger partial charge in [-0.15, -0.1) is 12.3 Å². The summed E-state index contributed by atoms with van der Waals surface area (Å²) in [7, 11) is 0. The monoisotopic (exact) mass is 290 g/mol. The third-order valence-corrected chi connectivity index (χ3v) is 4.06. The number of β-amino-alcohol motifs (C(OH)–C–C–N with tert-alkyl or cyclic N) is 1. The molecule has 1 unspecified atom stereocenters. The molecule has 1 aromatic carbocycles. The van der Waals surface area contributed by atoms with Crippen LogP contribution in [-0.4, -0.2) is 54.2 Å². The predicted octanol–water partition coefficient (Wildman–Crippen LogP) is 1.81. The van der Waals surface area contributed by atoms with Gasteiger partial charge in [-0.1, -0.05) is 6.07 Å². The van der Waals surface area contributed by atoms with Crippen LogP contribution in [0.2, 0.25) is 0 Å². The fourth-order valence-corrected chi connectivity index (χ4v) is 2.77. The van der Waals surface area contributed by atoms with Gasteiger partial charge in [0.25, 0.3) is 0 Å². The largest absolute Gasteiger partial charge is 0.387 e. The van der Waals surface area contributed by atoms with Crippen molar-refractivity contribution in [1.82, 2.24) is 9.80 Å². The quantitative estimate of drug-likeness (QED) is 0.838. The van der Waals surface area contributed by atoms with Gasteiger partial charge >= 0.3 is 0 Å². The summed E-state index contributed by atoms with van der Waals surface area (Å²) in [5.74, 6) is 2.41. The first-order valence-electron chi connectivity index (χ1n) is 7.42. The van der Waals surface area contributed by atoms with E-state index in [0.717, 1.165) is 50.3 Å². The summed E-state index contributed by atoms with van der Waals surface area (Å²) >= 11 is 0. The number of rotatable bonds is 5. The summed E-state index contributed by atoms with van der Waals surface area (Å²) in [5.41, 5.74) is 1.61. The van der Waals surface area contributed by atoms with Gasteiger partial charge in [-0.25, -0.2) is 4.39 Å². The zero-order chi connectivity index (χ0) is 15.2. The molecule has 0 aromatic heterocycles. The van der Waals surface area contributed by atoms with E-state index >= 15 is 0 Å². The van der Waals surface area contributed by atoms with E-state index in [1.165, 1.54) is 12.1 Å². The van der Waals surface area contributed by atoms with Crippen LogP contribution in [0.15, 0.2) is 18.2 Å². The maximum Gasteiger partial charge on any atom is 0.123 e. The van der Waals surface area contributed by atoms with Crippen molar-refractivity contribution in [3.8, 4) is 12.3 Å². The van der Waals surface area contributed by atoms with Crippen LogP contribution in [0.5, 0.6) is 0 Å². The van der Waals surface area contributed by atoms with Crippen molar-refractivity contribution in [3.63, 3.8) is 0 Å². The number of aliphatic hydroxyl groups is 1. The molecule has 0 amide bonds. The number of hydrogen-bond acceptors (Lipinski definition) is 3. The lowest BCUT2D eigenvalue weighted by atomic mass is 10.0. The second kappa shape index (κ2) is 7.56. The van der Waals surface area contributed by atoms with Crippen molar-refractivity contribution in [2.75, 3.05) is 39.3 Å². The first-order valence-corrected chi connectivity index (χ1v) is 7.42. The topological polar surface area (TPSA) is 26.7 Å². The third kappa shape index (κ3) is 4.53. The summed E-state index contributed by atoms with van der Waals surface area (Å²) in [6.45, 7) is 7.20. The molecule has 1 saturated heterocycles. The molecule has 1 aromatic rings. The molecule has 2 rings (SSSR count). The van der Waals surface area contributed by atoms with Crippen molar-refractivity contribution in [2.24, 2.45) is 0 Å². The fourth-order valence-electron chi connectivity index (χ4n) is 2.77. The normalized spacial score (nSPS) is 18.4. The van der Waals surface area contributed by atoms with Crippen molar-refractivity contribution in [1.29, 1.82) is 0 Å². The number of terminal acetylenes is 1. The minimum Gasteiger partial charge on any atom is -0.387 e. The number of benzene rings is 1. The Balaban J connectivity index is 1.84. The fraction of sp³-hybridized carbons (Fsp3) is 0.529. The predicted molar refractivity (Wildman–Crippen MR) is 82.4 cm³/mol. The lowest BCUT2D eigenvalue weighted by Crippen LogP contribution is -2.47. The van der Waals surface area contributed by atoms with Gasteiger partial charge < -0.3 is 5.11 Å². The minimum absolute atomic E-state index is 0.259. The highest BCUT2D eigenvalue weighted by Gasteiger charge is 2.20. The lowest BCUT2D eigenvalue weighted by molar-refractivity contribution is 0.0730. The van der Waals surface area contributed by atoms with Gasteiger partial charge in [-0.2, -0.15) is 0 Å². The van der Waals surface area contributed by atoms with E-state index in [1.54, 1.807) is 6.07 Å². The Kier molecular flexibility index (Phi) is 5.75. The zero-order valence-corrected chi connectivity index (χ0v) is 12.6. The van der Waals surface area contributed by atoms with Crippen LogP contribution < -0.4 is 0 Å². The van der Waals surface area contributed by atoms with Crippen molar-refractivity contribution < 1.29 is 9.50 Å². The number of aryl methyl sites for hydroxylation is 1. The van der Waals surface area contributed by atoms with Gasteiger partial charge in [0.1, 0.15) is 5.82 Å². The summed E-state index contributed by atoms with van der Waals surface area (Å²) in [6, 6.07) is 4.55. The first-order chi connectivity index (χ1) is 10.1. The number of aliphatic hydroxyl groups excluding tert-OH is 1. The Bertz CT molecular complexity index is 504. The minimum atomic E-state index is -0.567. The van der Waals surface area contributed by atoms with Crippen LogP contribution >= 0.6 is 0 Å². The smallest absolute Gasteiger partial charge is 0.123 e. The molecule has 1 aliphatic heterocycles. The van der Waals surface area contributed by atoms with Crippen molar-refractivity contribution in [3.05, 3.63) is 35.1 Å². The molecule has 21 heavy (non-hydrogen) atoms. The van der Waals surface area contributed by atoms with E-state index in [-0.39, 0.29) is 5.82 Å². The van der Waals surface area contributed by atoms with Gasteiger partial charge in [-0.3, -0.25) is 9.80 Å². The molecule has 1 N–H and O–H groups in total. The second-order valence-corrected chi connectivity index (χ2v) is 5.61. The maximum atomic E-state index is 13.1. The Morgan fingerprint density at radius 2 is 1.95 bits per heavy atom. The van der Waals surface area contributed by atoms with Crippen LogP contribution in [-0.2, 0) is 0 Å². The second-order valence-electron chi connectivity index (χ2n) is 5.61. The Labute approximate surface area is 126 Å². The van der Waals surface area contributed by atoms with Crippen LogP contribution in [0.4, 0.5) is 4.39 Å². The number of nitrogens with zero attached hydrogens (tertiary/aromatic N) is 2. The molecule has 0 aliphatic carbocycles. The van der Waals surface area contributed by atoms with Gasteiger partial charge in [0.15, 0.2) is 0 Å². The molecular formula is C17H23FN2O. The average molecular weight is 290 g/mol. The molecule has 4 heteroatoms. The van der Waals surface area contributed by atoms with Crippen LogP contribution in [0, 0.1) is 25.1 Å². The highest BCUT2D eigenvalue weighted by Crippen LogP contribution is 2.20. The van der Waals surface area contributed by atoms with E-state index in [0.29, 0.717) is 6.54 Å². The molecule has 1 fully saturated rings. The van der Waals surface area contributed by atoms with Gasteiger partial charge in [0.05, 0.1) is 6.10 Å². The molecule has 1 heterocycles. The summed E-state index contributed by atoms with van der Waals surface area (Å²) in [5, 5.41) is 10.3. The van der Waals surface area contributed by atoms with Crippen LogP contribution in [0.1, 0.15) is 23.7 Å². The Morgan fingerprint density at radius 3 is 2.57 bits per heavy atom. The first kappa shape index (κ1) is 16.0. The molecule has 1 aliphatic rings. The molecule has 1 atom stereocenters. The van der Waals surface area contributed by atoms with Gasteiger partial charge in [0.2, 0.25) is 0 Å². The van der Waals surface area contributed by atoms with E-state index in [2.05, 4.69) is 15.7 Å². The Hall–Kier alpha value is -1.41. The van der Waals surface area contributed by atoms with Crippen molar-refractivity contribution in [2.45, 2.75) is 19.4 Å². The summed E-state index contributed by atoms with van der Waals surface area (Å²) in [4.78, 5) is 4.60. The van der Waals surface area contributed by atoms with Crippen LogP contribution in [0.3, 0.4) is 0 Å². The van der Waals surface area contributed by atoms with Crippen molar-refractivity contribution >= 4 is 0 Å². The third-order valence-electron chi connectivity index (χ3n) is 4.06. The lowest BCUT2D eigenvalue weighted by Gasteiger charge is -2.35. The van der Waals surface area contributed by atoms with Crippen LogP contribution in [0.25, 0.3) is 0 Å².